The zero-order valence-electron chi connectivity index (χ0n) is 21.3. The summed E-state index contributed by atoms with van der Waals surface area (Å²) in [6, 6.07) is 3.89. The van der Waals surface area contributed by atoms with Crippen molar-refractivity contribution in [2.75, 3.05) is 33.1 Å². The second-order valence-electron chi connectivity index (χ2n) is 10.5. The number of furan rings is 1. The molecule has 0 radical (unpaired) electrons. The smallest absolute Gasteiger partial charge is 0.255 e. The van der Waals surface area contributed by atoms with Gasteiger partial charge in [-0.3, -0.25) is 19.3 Å². The summed E-state index contributed by atoms with van der Waals surface area (Å²) in [5.74, 6) is -6.51. The number of hydrogen-bond donors (Lipinski definition) is 5. The molecule has 6 N–H and O–H groups in total. The molecule has 1 amide bonds. The maximum absolute atomic E-state index is 14.0. The summed E-state index contributed by atoms with van der Waals surface area (Å²) in [5, 5.41) is 45.4. The number of phenolic OH excluding ortho intramolecular Hbond substituents is 1. The summed E-state index contributed by atoms with van der Waals surface area (Å²) in [7, 11) is 6.73. The molecule has 2 aromatic rings. The van der Waals surface area contributed by atoms with E-state index in [1.807, 2.05) is 4.90 Å². The summed E-state index contributed by atoms with van der Waals surface area (Å²) in [6.45, 7) is 0. The number of primary amides is 1. The first-order valence-corrected chi connectivity index (χ1v) is 12.1. The fourth-order valence-electron chi connectivity index (χ4n) is 6.31. The Morgan fingerprint density at radius 3 is 2.39 bits per heavy atom. The quantitative estimate of drug-likeness (QED) is 0.367. The molecule has 1 aromatic heterocycles. The largest absolute Gasteiger partial charge is 0.508 e. The first-order valence-electron chi connectivity index (χ1n) is 12.1. The van der Waals surface area contributed by atoms with Gasteiger partial charge in [0.2, 0.25) is 5.78 Å². The van der Waals surface area contributed by atoms with E-state index in [0.29, 0.717) is 17.0 Å². The number of aromatic hydroxyl groups is 1. The number of rotatable bonds is 4. The molecule has 1 heterocycles. The Morgan fingerprint density at radius 1 is 1.16 bits per heavy atom. The first-order chi connectivity index (χ1) is 17.8. The van der Waals surface area contributed by atoms with Crippen LogP contribution < -0.4 is 10.6 Å². The summed E-state index contributed by atoms with van der Waals surface area (Å²) in [6.07, 6.45) is 1.67. The molecule has 0 saturated heterocycles. The van der Waals surface area contributed by atoms with Gasteiger partial charge in [0.1, 0.15) is 28.6 Å². The summed E-state index contributed by atoms with van der Waals surface area (Å²) >= 11 is 0. The second kappa shape index (κ2) is 8.47. The fraction of sp³-hybridized carbons (Fsp3) is 0.370. The van der Waals surface area contributed by atoms with E-state index in [4.69, 9.17) is 10.2 Å². The van der Waals surface area contributed by atoms with Crippen LogP contribution in [0, 0.1) is 11.8 Å². The van der Waals surface area contributed by atoms with Crippen LogP contribution in [0.5, 0.6) is 5.75 Å². The lowest BCUT2D eigenvalue weighted by molar-refractivity contribution is -0.153. The average Bonchev–Trinajstić information content (AvgIpc) is 3.35. The molecule has 0 spiro atoms. The molecule has 5 rings (SSSR count). The standard InChI is InChI=1S/C27H29N3O8/c1-29(2)15-10-13(16-6-5-7-38-16)21(31)18-12(15)8-11-9-14-20(30(3)4)23(33)19(26(28)36)25(35)27(14,37)24(34)17(11)22(18)32/h5-7,10-11,14,20,31-32,35,37H,8-9H2,1-4H3,(H2,28,36)/t11-,14-,20-,27-/m0/s1. The SMILES string of the molecule is CN(C)c1cc(-c2ccco2)c(O)c2c1C[C@H]1C[C@H]3[C@H](N(C)C)C(=O)C(C(N)=O)=C(O)[C@@]3(O)C(=O)C1=C2O. The molecule has 1 fully saturated rings. The van der Waals surface area contributed by atoms with Gasteiger partial charge in [-0.1, -0.05) is 0 Å². The molecule has 0 aliphatic heterocycles. The van der Waals surface area contributed by atoms with Crippen LogP contribution >= 0.6 is 0 Å². The first kappa shape index (κ1) is 25.6. The molecule has 11 heteroatoms. The van der Waals surface area contributed by atoms with E-state index in [1.54, 1.807) is 46.4 Å². The number of aliphatic hydroxyl groups excluding tert-OH is 2. The summed E-state index contributed by atoms with van der Waals surface area (Å²) in [4.78, 5) is 42.6. The number of hydrogen-bond acceptors (Lipinski definition) is 10. The Bertz CT molecular complexity index is 1450. The molecule has 200 valence electrons. The van der Waals surface area contributed by atoms with Crippen molar-refractivity contribution in [2.24, 2.45) is 17.6 Å². The Balaban J connectivity index is 1.78. The maximum atomic E-state index is 14.0. The number of Topliss-reactive ketones (excluding diaryl/α,β-unsaturated/α-hetero) is 2. The molecule has 11 nitrogen and oxygen atoms in total. The zero-order chi connectivity index (χ0) is 27.8. The van der Waals surface area contributed by atoms with Crippen LogP contribution in [-0.4, -0.2) is 82.6 Å². The number of benzene rings is 1. The van der Waals surface area contributed by atoms with Crippen LogP contribution in [0.2, 0.25) is 0 Å². The van der Waals surface area contributed by atoms with E-state index >= 15 is 0 Å². The minimum atomic E-state index is -2.68. The Morgan fingerprint density at radius 2 is 1.84 bits per heavy atom. The lowest BCUT2D eigenvalue weighted by Gasteiger charge is -2.50. The van der Waals surface area contributed by atoms with Crippen LogP contribution in [0.3, 0.4) is 0 Å². The third kappa shape index (κ3) is 3.25. The van der Waals surface area contributed by atoms with Gasteiger partial charge in [0, 0.05) is 31.3 Å². The Labute approximate surface area is 218 Å². The minimum absolute atomic E-state index is 0.0129. The lowest BCUT2D eigenvalue weighted by Crippen LogP contribution is -2.65. The predicted octanol–water partition coefficient (Wildman–Crippen LogP) is 1.29. The van der Waals surface area contributed by atoms with Gasteiger partial charge in [0.05, 0.1) is 23.4 Å². The molecule has 1 saturated carbocycles. The highest BCUT2D eigenvalue weighted by molar-refractivity contribution is 6.24. The molecule has 0 bridgehead atoms. The van der Waals surface area contributed by atoms with E-state index in [1.165, 1.54) is 11.2 Å². The number of ketones is 2. The zero-order valence-corrected chi connectivity index (χ0v) is 21.3. The topological polar surface area (TPSA) is 178 Å². The molecule has 3 aliphatic carbocycles. The van der Waals surface area contributed by atoms with Gasteiger partial charge >= 0.3 is 0 Å². The van der Waals surface area contributed by atoms with Gasteiger partial charge in [0.25, 0.3) is 5.91 Å². The summed E-state index contributed by atoms with van der Waals surface area (Å²) in [5.41, 5.74) is 3.19. The number of nitrogens with zero attached hydrogens (tertiary/aromatic N) is 2. The van der Waals surface area contributed by atoms with E-state index in [-0.39, 0.29) is 35.3 Å². The van der Waals surface area contributed by atoms with E-state index in [2.05, 4.69) is 0 Å². The lowest BCUT2D eigenvalue weighted by atomic mass is 9.57. The van der Waals surface area contributed by atoms with Crippen molar-refractivity contribution in [2.45, 2.75) is 24.5 Å². The van der Waals surface area contributed by atoms with Crippen LogP contribution in [-0.2, 0) is 20.8 Å². The number of phenols is 1. The highest BCUT2D eigenvalue weighted by atomic mass is 16.3. The van der Waals surface area contributed by atoms with Gasteiger partial charge < -0.3 is 35.5 Å². The average molecular weight is 524 g/mol. The number of anilines is 1. The van der Waals surface area contributed by atoms with Gasteiger partial charge in [-0.25, -0.2) is 0 Å². The summed E-state index contributed by atoms with van der Waals surface area (Å²) < 4.78 is 5.47. The molecule has 38 heavy (non-hydrogen) atoms. The Hall–Kier alpha value is -4.09. The van der Waals surface area contributed by atoms with Crippen LogP contribution in [0.4, 0.5) is 5.69 Å². The normalized spacial score (nSPS) is 26.8. The third-order valence-electron chi connectivity index (χ3n) is 7.97. The molecular formula is C27H29N3O8. The number of aliphatic hydroxyl groups is 3. The number of nitrogens with two attached hydrogens (primary N) is 1. The van der Waals surface area contributed by atoms with Crippen molar-refractivity contribution in [1.82, 2.24) is 4.90 Å². The van der Waals surface area contributed by atoms with Gasteiger partial charge in [-0.15, -0.1) is 0 Å². The highest BCUT2D eigenvalue weighted by Crippen LogP contribution is 2.54. The molecule has 0 unspecified atom stereocenters. The highest BCUT2D eigenvalue weighted by Gasteiger charge is 2.64. The molecule has 3 aliphatic rings. The van der Waals surface area contributed by atoms with Gasteiger partial charge in [-0.05, 0) is 56.6 Å². The third-order valence-corrected chi connectivity index (χ3v) is 7.97. The van der Waals surface area contributed by atoms with Crippen molar-refractivity contribution in [3.8, 4) is 17.1 Å². The predicted molar refractivity (Wildman–Crippen MR) is 136 cm³/mol. The van der Waals surface area contributed by atoms with Crippen LogP contribution in [0.25, 0.3) is 17.1 Å². The van der Waals surface area contributed by atoms with E-state index in [0.717, 1.165) is 0 Å². The Kier molecular flexibility index (Phi) is 5.69. The number of carbonyl (C=O) groups excluding carboxylic acids is 3. The molecule has 4 atom stereocenters. The fourth-order valence-corrected chi connectivity index (χ4v) is 6.31. The van der Waals surface area contributed by atoms with E-state index < -0.39 is 58.0 Å². The monoisotopic (exact) mass is 523 g/mol. The number of fused-ring (bicyclic) bond motifs is 3. The van der Waals surface area contributed by atoms with Crippen LogP contribution in [0.1, 0.15) is 17.5 Å². The van der Waals surface area contributed by atoms with Crippen molar-refractivity contribution < 1.29 is 39.2 Å². The molecular weight excluding hydrogens is 494 g/mol. The van der Waals surface area contributed by atoms with Crippen molar-refractivity contribution in [1.29, 1.82) is 0 Å². The van der Waals surface area contributed by atoms with Crippen molar-refractivity contribution >= 4 is 28.9 Å². The molecule has 1 aromatic carbocycles. The van der Waals surface area contributed by atoms with E-state index in [9.17, 15) is 34.8 Å². The van der Waals surface area contributed by atoms with Crippen molar-refractivity contribution in [3.05, 3.63) is 52.5 Å². The van der Waals surface area contributed by atoms with Crippen molar-refractivity contribution in [3.63, 3.8) is 0 Å². The van der Waals surface area contributed by atoms with Gasteiger partial charge in [-0.2, -0.15) is 0 Å². The van der Waals surface area contributed by atoms with Gasteiger partial charge in [0.15, 0.2) is 11.4 Å². The number of amides is 1. The number of carbonyl (C=O) groups is 3. The minimum Gasteiger partial charge on any atom is -0.508 e. The second-order valence-corrected chi connectivity index (χ2v) is 10.5. The maximum Gasteiger partial charge on any atom is 0.255 e. The van der Waals surface area contributed by atoms with Crippen LogP contribution in [0.15, 0.2) is 45.8 Å². The number of likely N-dealkylation sites (N-methyl/N-ethyl adjacent to an activating group) is 1.